The zero-order chi connectivity index (χ0) is 12.3. The summed E-state index contributed by atoms with van der Waals surface area (Å²) in [6, 6.07) is 2.79. The summed E-state index contributed by atoms with van der Waals surface area (Å²) in [5.41, 5.74) is 5.84. The predicted octanol–water partition coefficient (Wildman–Crippen LogP) is 2.32. The van der Waals surface area contributed by atoms with E-state index in [1.54, 1.807) is 0 Å². The van der Waals surface area contributed by atoms with E-state index >= 15 is 0 Å². The van der Waals surface area contributed by atoms with E-state index in [0.717, 1.165) is 0 Å². The Bertz CT molecular complexity index is 423. The molecular weight excluding hydrogens is 253 g/mol. The minimum atomic E-state index is -0.643. The molecule has 2 N–H and O–H groups in total. The number of esters is 1. The molecule has 0 saturated heterocycles. The smallest absolute Gasteiger partial charge is 0.313 e. The second kappa shape index (κ2) is 5.18. The molecule has 0 unspecified atom stereocenters. The number of ether oxygens (including phenoxy) is 1. The summed E-state index contributed by atoms with van der Waals surface area (Å²) in [6.07, 6.45) is -0.401. The van der Waals surface area contributed by atoms with Crippen LogP contribution >= 0.6 is 23.2 Å². The summed E-state index contributed by atoms with van der Waals surface area (Å²) in [5.74, 6) is -1.14. The first kappa shape index (κ1) is 12.8. The van der Waals surface area contributed by atoms with Gasteiger partial charge in [-0.15, -0.1) is 0 Å². The van der Waals surface area contributed by atoms with Gasteiger partial charge in [0.25, 0.3) is 0 Å². The zero-order valence-corrected chi connectivity index (χ0v) is 9.93. The molecule has 86 valence electrons. The van der Waals surface area contributed by atoms with Gasteiger partial charge in [-0.05, 0) is 12.1 Å². The number of nitrogen functional groups attached to an aromatic ring is 1. The Hall–Kier alpha value is -1.26. The molecule has 0 amide bonds. The van der Waals surface area contributed by atoms with Crippen LogP contribution in [0.5, 0.6) is 0 Å². The Kier molecular flexibility index (Phi) is 4.15. The number of Topliss-reactive ketones (excluding diaryl/α,β-unsaturated/α-hetero) is 1. The Labute approximate surface area is 102 Å². The number of hydrogen-bond acceptors (Lipinski definition) is 4. The molecular formula is C10H9Cl2NO3. The van der Waals surface area contributed by atoms with Crippen LogP contribution < -0.4 is 5.73 Å². The van der Waals surface area contributed by atoms with Crippen LogP contribution in [0, 0.1) is 0 Å². The summed E-state index contributed by atoms with van der Waals surface area (Å²) in [7, 11) is 1.20. The summed E-state index contributed by atoms with van der Waals surface area (Å²) < 4.78 is 4.38. The van der Waals surface area contributed by atoms with Gasteiger partial charge in [0, 0.05) is 10.7 Å². The minimum Gasteiger partial charge on any atom is -0.469 e. The molecule has 0 saturated carbocycles. The van der Waals surface area contributed by atoms with E-state index in [0.29, 0.717) is 5.02 Å². The molecule has 16 heavy (non-hydrogen) atoms. The first-order valence-corrected chi connectivity index (χ1v) is 5.05. The normalized spacial score (nSPS) is 9.94. The lowest BCUT2D eigenvalue weighted by atomic mass is 10.1. The van der Waals surface area contributed by atoms with Crippen molar-refractivity contribution in [1.29, 1.82) is 0 Å². The van der Waals surface area contributed by atoms with E-state index in [2.05, 4.69) is 4.74 Å². The number of benzene rings is 1. The summed E-state index contributed by atoms with van der Waals surface area (Å²) in [5, 5.41) is 0.455. The molecule has 0 spiro atoms. The molecule has 0 heterocycles. The fraction of sp³-hybridized carbons (Fsp3) is 0.200. The van der Waals surface area contributed by atoms with Gasteiger partial charge in [-0.1, -0.05) is 23.2 Å². The Morgan fingerprint density at radius 3 is 2.50 bits per heavy atom. The van der Waals surface area contributed by atoms with E-state index in [-0.39, 0.29) is 16.3 Å². The van der Waals surface area contributed by atoms with E-state index in [9.17, 15) is 9.59 Å². The summed E-state index contributed by atoms with van der Waals surface area (Å²) >= 11 is 11.5. The van der Waals surface area contributed by atoms with Gasteiger partial charge in [-0.3, -0.25) is 9.59 Å². The third-order valence-corrected chi connectivity index (χ3v) is 2.41. The first-order chi connectivity index (χ1) is 7.45. The Morgan fingerprint density at radius 2 is 2.00 bits per heavy atom. The molecule has 0 aromatic heterocycles. The van der Waals surface area contributed by atoms with Crippen LogP contribution in [0.1, 0.15) is 16.8 Å². The van der Waals surface area contributed by atoms with Crippen molar-refractivity contribution in [2.45, 2.75) is 6.42 Å². The third-order valence-electron chi connectivity index (χ3n) is 1.90. The lowest BCUT2D eigenvalue weighted by molar-refractivity contribution is -0.139. The monoisotopic (exact) mass is 261 g/mol. The zero-order valence-electron chi connectivity index (χ0n) is 8.42. The minimum absolute atomic E-state index is 0.0940. The molecule has 0 radical (unpaired) electrons. The average Bonchev–Trinajstić information content (AvgIpc) is 2.15. The van der Waals surface area contributed by atoms with E-state index < -0.39 is 18.2 Å². The largest absolute Gasteiger partial charge is 0.469 e. The molecule has 0 bridgehead atoms. The molecule has 0 atom stereocenters. The standard InChI is InChI=1S/C10H9Cl2NO3/c1-16-9(15)4-8(14)10-6(12)2-5(11)3-7(10)13/h2-3H,4,13H2,1H3. The van der Waals surface area contributed by atoms with Crippen molar-refractivity contribution < 1.29 is 14.3 Å². The molecule has 0 fully saturated rings. The fourth-order valence-electron chi connectivity index (χ4n) is 1.18. The number of methoxy groups -OCH3 is 1. The van der Waals surface area contributed by atoms with Gasteiger partial charge in [-0.25, -0.2) is 0 Å². The van der Waals surface area contributed by atoms with Crippen LogP contribution in [-0.4, -0.2) is 18.9 Å². The molecule has 0 aliphatic carbocycles. The third kappa shape index (κ3) is 2.87. The van der Waals surface area contributed by atoms with Gasteiger partial charge in [0.15, 0.2) is 5.78 Å². The van der Waals surface area contributed by atoms with Crippen molar-refractivity contribution in [2.24, 2.45) is 0 Å². The number of anilines is 1. The van der Waals surface area contributed by atoms with Crippen LogP contribution in [0.2, 0.25) is 10.0 Å². The van der Waals surface area contributed by atoms with Gasteiger partial charge >= 0.3 is 5.97 Å². The lowest BCUT2D eigenvalue weighted by Gasteiger charge is -2.07. The molecule has 4 nitrogen and oxygen atoms in total. The van der Waals surface area contributed by atoms with Crippen molar-refractivity contribution in [1.82, 2.24) is 0 Å². The maximum Gasteiger partial charge on any atom is 0.313 e. The molecule has 1 aromatic rings. The highest BCUT2D eigenvalue weighted by atomic mass is 35.5. The Balaban J connectivity index is 3.04. The van der Waals surface area contributed by atoms with Crippen LogP contribution in [0.3, 0.4) is 0 Å². The molecule has 1 rings (SSSR count). The maximum absolute atomic E-state index is 11.7. The molecule has 0 aliphatic heterocycles. The highest BCUT2D eigenvalue weighted by Crippen LogP contribution is 2.28. The second-order valence-corrected chi connectivity index (χ2v) is 3.87. The predicted molar refractivity (Wildman–Crippen MR) is 61.8 cm³/mol. The highest BCUT2D eigenvalue weighted by molar-refractivity contribution is 6.38. The van der Waals surface area contributed by atoms with E-state index in [4.69, 9.17) is 28.9 Å². The van der Waals surface area contributed by atoms with Gasteiger partial charge in [0.05, 0.1) is 17.7 Å². The van der Waals surface area contributed by atoms with Crippen LogP contribution in [0.15, 0.2) is 12.1 Å². The van der Waals surface area contributed by atoms with E-state index in [1.165, 1.54) is 19.2 Å². The lowest BCUT2D eigenvalue weighted by Crippen LogP contribution is -2.12. The van der Waals surface area contributed by atoms with Crippen molar-refractivity contribution in [3.8, 4) is 0 Å². The molecule has 0 aliphatic rings. The number of carbonyl (C=O) groups is 2. The second-order valence-electron chi connectivity index (χ2n) is 3.03. The van der Waals surface area contributed by atoms with Gasteiger partial charge in [0.2, 0.25) is 0 Å². The van der Waals surface area contributed by atoms with Crippen molar-refractivity contribution in [2.75, 3.05) is 12.8 Å². The van der Waals surface area contributed by atoms with Gasteiger partial charge < -0.3 is 10.5 Å². The maximum atomic E-state index is 11.7. The summed E-state index contributed by atoms with van der Waals surface area (Å²) in [4.78, 5) is 22.6. The molecule has 6 heteroatoms. The Morgan fingerprint density at radius 1 is 1.38 bits per heavy atom. The first-order valence-electron chi connectivity index (χ1n) is 4.30. The van der Waals surface area contributed by atoms with Crippen molar-refractivity contribution in [3.05, 3.63) is 27.7 Å². The quantitative estimate of drug-likeness (QED) is 0.393. The highest BCUT2D eigenvalue weighted by Gasteiger charge is 2.18. The van der Waals surface area contributed by atoms with Crippen molar-refractivity contribution >= 4 is 40.6 Å². The van der Waals surface area contributed by atoms with Crippen LogP contribution in [0.4, 0.5) is 5.69 Å². The van der Waals surface area contributed by atoms with Crippen molar-refractivity contribution in [3.63, 3.8) is 0 Å². The SMILES string of the molecule is COC(=O)CC(=O)c1c(N)cc(Cl)cc1Cl. The van der Waals surface area contributed by atoms with Gasteiger partial charge in [-0.2, -0.15) is 0 Å². The fourth-order valence-corrected chi connectivity index (χ4v) is 1.79. The van der Waals surface area contributed by atoms with Crippen LogP contribution in [-0.2, 0) is 9.53 Å². The summed E-state index contributed by atoms with van der Waals surface area (Å²) in [6.45, 7) is 0. The average molecular weight is 262 g/mol. The topological polar surface area (TPSA) is 69.4 Å². The number of halogens is 2. The number of carbonyl (C=O) groups excluding carboxylic acids is 2. The number of nitrogens with two attached hydrogens (primary N) is 1. The number of rotatable bonds is 3. The van der Waals surface area contributed by atoms with Crippen LogP contribution in [0.25, 0.3) is 0 Å². The van der Waals surface area contributed by atoms with E-state index in [1.807, 2.05) is 0 Å². The van der Waals surface area contributed by atoms with Gasteiger partial charge in [0.1, 0.15) is 6.42 Å². The number of hydrogen-bond donors (Lipinski definition) is 1. The molecule has 1 aromatic carbocycles. The number of ketones is 1.